The molecule has 2 aromatic rings. The van der Waals surface area contributed by atoms with Gasteiger partial charge in [0.05, 0.1) is 0 Å². The molecule has 0 saturated heterocycles. The third-order valence-corrected chi connectivity index (χ3v) is 4.53. The summed E-state index contributed by atoms with van der Waals surface area (Å²) in [5.41, 5.74) is 3.69. The average molecular weight is 322 g/mol. The van der Waals surface area contributed by atoms with Crippen molar-refractivity contribution in [3.05, 3.63) is 59.7 Å². The molecule has 3 rings (SSSR count). The highest BCUT2D eigenvalue weighted by Crippen LogP contribution is 2.28. The fourth-order valence-electron chi connectivity index (χ4n) is 3.17. The van der Waals surface area contributed by atoms with Gasteiger partial charge in [-0.2, -0.15) is 0 Å². The molecule has 0 fully saturated rings. The maximum atomic E-state index is 12.7. The van der Waals surface area contributed by atoms with Crippen LogP contribution in [0.1, 0.15) is 36.2 Å². The maximum absolute atomic E-state index is 12.7. The Morgan fingerprint density at radius 3 is 2.71 bits per heavy atom. The molecule has 0 bridgehead atoms. The maximum Gasteiger partial charge on any atom is 0.246 e. The number of fused-ring (bicyclic) bond motifs is 1. The SMILES string of the molecule is CC(=O)c1cccc(NC(=O)[C@@H](C)N2CCCc3ccccc32)c1. The molecule has 4 heteroatoms. The van der Waals surface area contributed by atoms with Crippen LogP contribution in [-0.4, -0.2) is 24.3 Å². The van der Waals surface area contributed by atoms with Gasteiger partial charge in [-0.05, 0) is 50.5 Å². The van der Waals surface area contributed by atoms with Gasteiger partial charge in [-0.15, -0.1) is 0 Å². The van der Waals surface area contributed by atoms with Crippen molar-refractivity contribution in [2.75, 3.05) is 16.8 Å². The Hall–Kier alpha value is -2.62. The lowest BCUT2D eigenvalue weighted by atomic mass is 10.00. The van der Waals surface area contributed by atoms with Crippen LogP contribution in [-0.2, 0) is 11.2 Å². The minimum atomic E-state index is -0.271. The molecule has 1 atom stereocenters. The topological polar surface area (TPSA) is 49.4 Å². The minimum absolute atomic E-state index is 0.0101. The second kappa shape index (κ2) is 6.87. The fraction of sp³-hybridized carbons (Fsp3) is 0.300. The molecule has 0 aromatic heterocycles. The van der Waals surface area contributed by atoms with E-state index in [2.05, 4.69) is 22.3 Å². The number of ketones is 1. The van der Waals surface area contributed by atoms with Gasteiger partial charge in [0.15, 0.2) is 5.78 Å². The van der Waals surface area contributed by atoms with Crippen molar-refractivity contribution in [3.8, 4) is 0 Å². The number of rotatable bonds is 4. The van der Waals surface area contributed by atoms with Crippen LogP contribution in [0.3, 0.4) is 0 Å². The number of hydrogen-bond acceptors (Lipinski definition) is 3. The average Bonchev–Trinajstić information content (AvgIpc) is 2.60. The summed E-state index contributed by atoms with van der Waals surface area (Å²) in [7, 11) is 0. The molecule has 0 aliphatic carbocycles. The normalized spacial score (nSPS) is 14.7. The molecule has 0 spiro atoms. The predicted octanol–water partition coefficient (Wildman–Crippen LogP) is 3.67. The third-order valence-electron chi connectivity index (χ3n) is 4.53. The van der Waals surface area contributed by atoms with E-state index in [1.807, 2.05) is 19.1 Å². The van der Waals surface area contributed by atoms with E-state index in [4.69, 9.17) is 0 Å². The van der Waals surface area contributed by atoms with Crippen LogP contribution in [0.4, 0.5) is 11.4 Å². The quantitative estimate of drug-likeness (QED) is 0.874. The van der Waals surface area contributed by atoms with Crippen LogP contribution in [0.15, 0.2) is 48.5 Å². The molecule has 0 saturated carbocycles. The molecule has 1 heterocycles. The van der Waals surface area contributed by atoms with Crippen LogP contribution in [0.2, 0.25) is 0 Å². The number of carbonyl (C=O) groups is 2. The van der Waals surface area contributed by atoms with Crippen LogP contribution in [0, 0.1) is 0 Å². The van der Waals surface area contributed by atoms with E-state index in [1.165, 1.54) is 12.5 Å². The van der Waals surface area contributed by atoms with Gasteiger partial charge in [-0.25, -0.2) is 0 Å². The summed E-state index contributed by atoms with van der Waals surface area (Å²) in [6, 6.07) is 15.1. The number of anilines is 2. The standard InChI is InChI=1S/C20H22N2O2/c1-14(22-12-6-9-16-7-3-4-11-19(16)22)20(24)21-18-10-5-8-17(13-18)15(2)23/h3-5,7-8,10-11,13-14H,6,9,12H2,1-2H3,(H,21,24)/t14-/m1/s1. The molecule has 0 radical (unpaired) electrons. The molecule has 2 aromatic carbocycles. The molecule has 1 aliphatic rings. The van der Waals surface area contributed by atoms with Gasteiger partial charge >= 0.3 is 0 Å². The van der Waals surface area contributed by atoms with Crippen molar-refractivity contribution in [1.29, 1.82) is 0 Å². The van der Waals surface area contributed by atoms with Gasteiger partial charge in [0, 0.05) is 23.5 Å². The Morgan fingerprint density at radius 1 is 1.12 bits per heavy atom. The van der Waals surface area contributed by atoms with E-state index in [1.54, 1.807) is 24.3 Å². The monoisotopic (exact) mass is 322 g/mol. The third kappa shape index (κ3) is 3.32. The zero-order valence-electron chi connectivity index (χ0n) is 14.1. The van der Waals surface area contributed by atoms with Crippen molar-refractivity contribution >= 4 is 23.1 Å². The minimum Gasteiger partial charge on any atom is -0.360 e. The lowest BCUT2D eigenvalue weighted by molar-refractivity contribution is -0.117. The zero-order valence-corrected chi connectivity index (χ0v) is 14.1. The van der Waals surface area contributed by atoms with Gasteiger partial charge < -0.3 is 10.2 Å². The number of hydrogen-bond donors (Lipinski definition) is 1. The number of nitrogens with zero attached hydrogens (tertiary/aromatic N) is 1. The lowest BCUT2D eigenvalue weighted by Crippen LogP contribution is -2.44. The number of nitrogens with one attached hydrogen (secondary N) is 1. The molecule has 1 amide bonds. The van der Waals surface area contributed by atoms with Crippen LogP contribution in [0.25, 0.3) is 0 Å². The van der Waals surface area contributed by atoms with Gasteiger partial charge in [0.25, 0.3) is 0 Å². The largest absolute Gasteiger partial charge is 0.360 e. The van der Waals surface area contributed by atoms with E-state index in [0.29, 0.717) is 11.3 Å². The number of carbonyl (C=O) groups excluding carboxylic acids is 2. The first-order valence-electron chi connectivity index (χ1n) is 8.32. The van der Waals surface area contributed by atoms with E-state index < -0.39 is 0 Å². The van der Waals surface area contributed by atoms with Crippen LogP contribution in [0.5, 0.6) is 0 Å². The van der Waals surface area contributed by atoms with Gasteiger partial charge in [-0.1, -0.05) is 30.3 Å². The smallest absolute Gasteiger partial charge is 0.246 e. The number of benzene rings is 2. The Labute approximate surface area is 142 Å². The number of amides is 1. The summed E-state index contributed by atoms with van der Waals surface area (Å²) in [4.78, 5) is 26.3. The Balaban J connectivity index is 1.76. The van der Waals surface area contributed by atoms with Crippen molar-refractivity contribution < 1.29 is 9.59 Å². The first kappa shape index (κ1) is 16.2. The summed E-state index contributed by atoms with van der Waals surface area (Å²) in [5, 5.41) is 2.93. The molecule has 1 aliphatic heterocycles. The molecular formula is C20H22N2O2. The summed E-state index contributed by atoms with van der Waals surface area (Å²) in [6.07, 6.45) is 2.11. The second-order valence-electron chi connectivity index (χ2n) is 6.23. The first-order chi connectivity index (χ1) is 11.6. The Bertz CT molecular complexity index is 770. The molecular weight excluding hydrogens is 300 g/mol. The van der Waals surface area contributed by atoms with E-state index in [-0.39, 0.29) is 17.7 Å². The number of aryl methyl sites for hydroxylation is 1. The van der Waals surface area contributed by atoms with Gasteiger partial charge in [0.2, 0.25) is 5.91 Å². The van der Waals surface area contributed by atoms with Crippen molar-refractivity contribution in [3.63, 3.8) is 0 Å². The van der Waals surface area contributed by atoms with Crippen molar-refractivity contribution in [1.82, 2.24) is 0 Å². The molecule has 4 nitrogen and oxygen atoms in total. The Morgan fingerprint density at radius 2 is 1.92 bits per heavy atom. The first-order valence-corrected chi connectivity index (χ1v) is 8.32. The lowest BCUT2D eigenvalue weighted by Gasteiger charge is -2.35. The van der Waals surface area contributed by atoms with Crippen molar-refractivity contribution in [2.45, 2.75) is 32.7 Å². The van der Waals surface area contributed by atoms with E-state index >= 15 is 0 Å². The van der Waals surface area contributed by atoms with Gasteiger partial charge in [0.1, 0.15) is 6.04 Å². The highest BCUT2D eigenvalue weighted by atomic mass is 16.2. The van der Waals surface area contributed by atoms with Crippen molar-refractivity contribution in [2.24, 2.45) is 0 Å². The van der Waals surface area contributed by atoms with Crippen LogP contribution < -0.4 is 10.2 Å². The highest BCUT2D eigenvalue weighted by Gasteiger charge is 2.25. The summed E-state index contributed by atoms with van der Waals surface area (Å²) in [5.74, 6) is -0.0727. The van der Waals surface area contributed by atoms with Gasteiger partial charge in [-0.3, -0.25) is 9.59 Å². The number of para-hydroxylation sites is 1. The second-order valence-corrected chi connectivity index (χ2v) is 6.23. The molecule has 124 valence electrons. The zero-order chi connectivity index (χ0) is 17.1. The summed E-state index contributed by atoms with van der Waals surface area (Å²) in [6.45, 7) is 4.32. The number of Topliss-reactive ketones (excluding diaryl/α,β-unsaturated/α-hetero) is 1. The van der Waals surface area contributed by atoms with E-state index in [9.17, 15) is 9.59 Å². The summed E-state index contributed by atoms with van der Waals surface area (Å²) < 4.78 is 0. The molecule has 1 N–H and O–H groups in total. The highest BCUT2D eigenvalue weighted by molar-refractivity contribution is 5.99. The van der Waals surface area contributed by atoms with Crippen LogP contribution >= 0.6 is 0 Å². The Kier molecular flexibility index (Phi) is 4.65. The predicted molar refractivity (Wildman–Crippen MR) is 96.6 cm³/mol. The summed E-state index contributed by atoms with van der Waals surface area (Å²) >= 11 is 0. The van der Waals surface area contributed by atoms with E-state index in [0.717, 1.165) is 25.1 Å². The fourth-order valence-corrected chi connectivity index (χ4v) is 3.17. The molecule has 0 unspecified atom stereocenters. The molecule has 24 heavy (non-hydrogen) atoms.